The first-order valence-electron chi connectivity index (χ1n) is 4.80. The number of nitrogen functional groups attached to an aromatic ring is 1. The van der Waals surface area contributed by atoms with Crippen LogP contribution in [0.5, 0.6) is 0 Å². The summed E-state index contributed by atoms with van der Waals surface area (Å²) >= 11 is 5.64. The highest BCUT2D eigenvalue weighted by Crippen LogP contribution is 2.27. The van der Waals surface area contributed by atoms with Crippen LogP contribution >= 0.6 is 11.6 Å². The summed E-state index contributed by atoms with van der Waals surface area (Å²) in [6.45, 7) is -0.241. The van der Waals surface area contributed by atoms with Gasteiger partial charge in [0.05, 0.1) is 18.7 Å². The number of aromatic nitrogens is 1. The maximum absolute atomic E-state index is 13.4. The summed E-state index contributed by atoms with van der Waals surface area (Å²) in [5, 5.41) is 16.6. The number of amidine groups is 1. The summed E-state index contributed by atoms with van der Waals surface area (Å²) in [5.74, 6) is 0.0511. The quantitative estimate of drug-likeness (QED) is 0.447. The fourth-order valence-electron chi connectivity index (χ4n) is 1.60. The zero-order chi connectivity index (χ0) is 12.6. The zero-order valence-electron chi connectivity index (χ0n) is 8.74. The number of alkyl halides is 1. The Morgan fingerprint density at radius 3 is 2.88 bits per heavy atom. The van der Waals surface area contributed by atoms with Crippen molar-refractivity contribution >= 4 is 23.1 Å². The molecule has 1 saturated heterocycles. The first-order valence-corrected chi connectivity index (χ1v) is 5.18. The van der Waals surface area contributed by atoms with E-state index in [1.165, 1.54) is 17.2 Å². The molecular formula is C10H9ClFN5. The van der Waals surface area contributed by atoms with Crippen LogP contribution in [-0.2, 0) is 0 Å². The van der Waals surface area contributed by atoms with Crippen LogP contribution in [-0.4, -0.2) is 34.5 Å². The van der Waals surface area contributed by atoms with Crippen molar-refractivity contribution in [2.45, 2.75) is 5.67 Å². The van der Waals surface area contributed by atoms with Crippen molar-refractivity contribution in [2.24, 2.45) is 0 Å². The van der Waals surface area contributed by atoms with Crippen molar-refractivity contribution in [3.8, 4) is 6.07 Å². The van der Waals surface area contributed by atoms with Gasteiger partial charge in [-0.2, -0.15) is 5.26 Å². The van der Waals surface area contributed by atoms with Crippen molar-refractivity contribution in [2.75, 3.05) is 18.8 Å². The molecule has 0 spiro atoms. The van der Waals surface area contributed by atoms with Gasteiger partial charge in [-0.25, -0.2) is 9.37 Å². The average molecular weight is 254 g/mol. The minimum atomic E-state index is -1.86. The lowest BCUT2D eigenvalue weighted by Gasteiger charge is -2.41. The van der Waals surface area contributed by atoms with Gasteiger partial charge in [-0.15, -0.1) is 0 Å². The molecule has 0 aromatic carbocycles. The molecule has 5 nitrogen and oxygen atoms in total. The highest BCUT2D eigenvalue weighted by molar-refractivity contribution is 6.29. The monoisotopic (exact) mass is 253 g/mol. The fraction of sp³-hybridized carbons (Fsp3) is 0.300. The van der Waals surface area contributed by atoms with Crippen LogP contribution in [0.3, 0.4) is 0 Å². The number of anilines is 1. The van der Waals surface area contributed by atoms with Crippen molar-refractivity contribution < 1.29 is 4.39 Å². The second-order valence-corrected chi connectivity index (χ2v) is 4.26. The third kappa shape index (κ3) is 2.01. The van der Waals surface area contributed by atoms with Crippen LogP contribution in [0.25, 0.3) is 0 Å². The predicted octanol–water partition coefficient (Wildman–Crippen LogP) is 1.19. The normalized spacial score (nSPS) is 17.1. The van der Waals surface area contributed by atoms with Gasteiger partial charge in [-0.3, -0.25) is 5.41 Å². The number of rotatable bonds is 1. The van der Waals surface area contributed by atoms with Gasteiger partial charge < -0.3 is 10.6 Å². The highest BCUT2D eigenvalue weighted by atomic mass is 35.5. The summed E-state index contributed by atoms with van der Waals surface area (Å²) in [5.41, 5.74) is 4.52. The molecule has 17 heavy (non-hydrogen) atoms. The zero-order valence-corrected chi connectivity index (χ0v) is 9.50. The summed E-state index contributed by atoms with van der Waals surface area (Å²) in [6, 6.07) is 2.99. The Morgan fingerprint density at radius 2 is 2.35 bits per heavy atom. The molecule has 1 aromatic rings. The molecule has 0 atom stereocenters. The van der Waals surface area contributed by atoms with Crippen molar-refractivity contribution in [3.63, 3.8) is 0 Å². The Kier molecular flexibility index (Phi) is 2.63. The number of pyridine rings is 1. The van der Waals surface area contributed by atoms with Gasteiger partial charge in [0, 0.05) is 11.9 Å². The molecule has 7 heteroatoms. The number of nitriles is 1. The van der Waals surface area contributed by atoms with E-state index < -0.39 is 5.67 Å². The first-order chi connectivity index (χ1) is 7.95. The van der Waals surface area contributed by atoms with Crippen LogP contribution in [0.2, 0.25) is 5.15 Å². The van der Waals surface area contributed by atoms with E-state index in [-0.39, 0.29) is 24.1 Å². The second-order valence-electron chi connectivity index (χ2n) is 3.88. The highest BCUT2D eigenvalue weighted by Gasteiger charge is 2.45. The van der Waals surface area contributed by atoms with Crippen molar-refractivity contribution in [1.82, 2.24) is 9.88 Å². The van der Waals surface area contributed by atoms with Gasteiger partial charge in [-0.1, -0.05) is 11.6 Å². The van der Waals surface area contributed by atoms with Crippen LogP contribution < -0.4 is 5.73 Å². The first kappa shape index (κ1) is 11.6. The molecule has 1 aliphatic heterocycles. The van der Waals surface area contributed by atoms with Crippen LogP contribution in [0.1, 0.15) is 5.56 Å². The minimum absolute atomic E-state index is 0.0511. The molecule has 0 saturated carbocycles. The van der Waals surface area contributed by atoms with Crippen molar-refractivity contribution in [1.29, 1.82) is 10.7 Å². The van der Waals surface area contributed by atoms with E-state index in [1.54, 1.807) is 6.07 Å². The number of nitrogens with two attached hydrogens (primary N) is 1. The van der Waals surface area contributed by atoms with Gasteiger partial charge in [0.2, 0.25) is 5.67 Å². The number of hydrogen-bond donors (Lipinski definition) is 2. The Labute approximate surface area is 102 Å². The SMILES string of the molecule is N#CC1(F)CN(C(=N)c2cnc(Cl)cc2N)C1. The molecule has 3 N–H and O–H groups in total. The van der Waals surface area contributed by atoms with Gasteiger partial charge in [-0.05, 0) is 6.07 Å². The van der Waals surface area contributed by atoms with Crippen LogP contribution in [0.4, 0.5) is 10.1 Å². The molecule has 88 valence electrons. The van der Waals surface area contributed by atoms with E-state index in [0.717, 1.165) is 0 Å². The number of hydrogen-bond acceptors (Lipinski definition) is 4. The lowest BCUT2D eigenvalue weighted by Crippen LogP contribution is -2.60. The minimum Gasteiger partial charge on any atom is -0.398 e. The molecule has 1 aromatic heterocycles. The third-order valence-electron chi connectivity index (χ3n) is 2.56. The molecule has 2 heterocycles. The van der Waals surface area contributed by atoms with E-state index in [4.69, 9.17) is 28.0 Å². The average Bonchev–Trinajstić information content (AvgIpc) is 2.24. The van der Waals surface area contributed by atoms with Crippen LogP contribution in [0.15, 0.2) is 12.3 Å². The molecule has 0 amide bonds. The second kappa shape index (κ2) is 3.86. The summed E-state index contributed by atoms with van der Waals surface area (Å²) in [7, 11) is 0. The van der Waals surface area contributed by atoms with Gasteiger partial charge in [0.25, 0.3) is 0 Å². The van der Waals surface area contributed by atoms with Gasteiger partial charge in [0.1, 0.15) is 17.1 Å². The van der Waals surface area contributed by atoms with E-state index in [2.05, 4.69) is 4.98 Å². The lowest BCUT2D eigenvalue weighted by molar-refractivity contribution is 0.0647. The number of nitrogens with zero attached hydrogens (tertiary/aromatic N) is 3. The maximum atomic E-state index is 13.4. The van der Waals surface area contributed by atoms with Crippen molar-refractivity contribution in [3.05, 3.63) is 23.0 Å². The predicted molar refractivity (Wildman–Crippen MR) is 61.5 cm³/mol. The lowest BCUT2D eigenvalue weighted by atomic mass is 9.97. The Balaban J connectivity index is 2.15. The molecule has 0 radical (unpaired) electrons. The Morgan fingerprint density at radius 1 is 1.71 bits per heavy atom. The third-order valence-corrected chi connectivity index (χ3v) is 2.76. The molecule has 0 aliphatic carbocycles. The Bertz CT molecular complexity index is 518. The van der Waals surface area contributed by atoms with Crippen LogP contribution in [0, 0.1) is 16.7 Å². The van der Waals surface area contributed by atoms with E-state index in [9.17, 15) is 4.39 Å². The number of halogens is 2. The fourth-order valence-corrected chi connectivity index (χ4v) is 1.77. The topological polar surface area (TPSA) is 89.8 Å². The molecule has 1 fully saturated rings. The molecule has 2 rings (SSSR count). The summed E-state index contributed by atoms with van der Waals surface area (Å²) in [6.07, 6.45) is 1.37. The number of likely N-dealkylation sites (tertiary alicyclic amines) is 1. The molecule has 0 bridgehead atoms. The smallest absolute Gasteiger partial charge is 0.230 e. The Hall–Kier alpha value is -1.87. The standard InChI is InChI=1S/C10H9ClFN5/c11-8-1-7(14)6(2-16-8)9(15)17-4-10(12,3-13)5-17/h1-2,15H,4-5H2,(H2,14,16). The summed E-state index contributed by atoms with van der Waals surface area (Å²) in [4.78, 5) is 5.24. The van der Waals surface area contributed by atoms with E-state index >= 15 is 0 Å². The van der Waals surface area contributed by atoms with E-state index in [1.807, 2.05) is 0 Å². The van der Waals surface area contributed by atoms with Gasteiger partial charge >= 0.3 is 0 Å². The van der Waals surface area contributed by atoms with Gasteiger partial charge in [0.15, 0.2) is 0 Å². The largest absolute Gasteiger partial charge is 0.398 e. The molecular weight excluding hydrogens is 245 g/mol. The molecule has 1 aliphatic rings. The van der Waals surface area contributed by atoms with E-state index in [0.29, 0.717) is 11.3 Å². The number of nitrogens with one attached hydrogen (secondary N) is 1. The maximum Gasteiger partial charge on any atom is 0.230 e. The summed E-state index contributed by atoms with van der Waals surface area (Å²) < 4.78 is 13.4. The molecule has 0 unspecified atom stereocenters.